The molecule has 1 spiro atoms. The zero-order valence-corrected chi connectivity index (χ0v) is 16.9. The minimum Gasteiger partial charge on any atom is -0.493 e. The average Bonchev–Trinajstić information content (AvgIpc) is 3.44. The van der Waals surface area contributed by atoms with E-state index in [0.717, 1.165) is 48.7 Å². The number of hydrogen-bond acceptors (Lipinski definition) is 5. The predicted octanol–water partition coefficient (Wildman–Crippen LogP) is 3.70. The van der Waals surface area contributed by atoms with Crippen molar-refractivity contribution in [3.8, 4) is 11.5 Å². The van der Waals surface area contributed by atoms with Crippen LogP contribution < -0.4 is 9.47 Å². The lowest BCUT2D eigenvalue weighted by molar-refractivity contribution is -0.189. The zero-order chi connectivity index (χ0) is 19.4. The molecule has 6 heteroatoms. The predicted molar refractivity (Wildman–Crippen MR) is 112 cm³/mol. The van der Waals surface area contributed by atoms with Gasteiger partial charge in [-0.2, -0.15) is 0 Å². The third kappa shape index (κ3) is 2.97. The van der Waals surface area contributed by atoms with Crippen LogP contribution >= 0.6 is 0 Å². The van der Waals surface area contributed by atoms with Gasteiger partial charge >= 0.3 is 0 Å². The summed E-state index contributed by atoms with van der Waals surface area (Å²) in [4.78, 5) is 10.7. The Kier molecular flexibility index (Phi) is 4.00. The minimum absolute atomic E-state index is 0.485. The highest BCUT2D eigenvalue weighted by Gasteiger charge is 2.48. The van der Waals surface area contributed by atoms with Crippen LogP contribution in [0.2, 0.25) is 0 Å². The Morgan fingerprint density at radius 1 is 1.21 bits per heavy atom. The molecule has 0 bridgehead atoms. The molecule has 2 aliphatic heterocycles. The highest BCUT2D eigenvalue weighted by Crippen LogP contribution is 2.45. The van der Waals surface area contributed by atoms with Crippen LogP contribution in [0, 0.1) is 5.41 Å². The van der Waals surface area contributed by atoms with Crippen molar-refractivity contribution in [2.45, 2.75) is 25.2 Å². The molecule has 2 aromatic heterocycles. The molecule has 0 radical (unpaired) electrons. The van der Waals surface area contributed by atoms with Crippen molar-refractivity contribution in [1.82, 2.24) is 14.9 Å². The second-order valence-electron chi connectivity index (χ2n) is 8.97. The molecule has 152 valence electrons. The number of hydrogen-bond donors (Lipinski definition) is 1. The highest BCUT2D eigenvalue weighted by molar-refractivity contribution is 6.09. The van der Waals surface area contributed by atoms with Crippen LogP contribution in [0.1, 0.15) is 30.9 Å². The monoisotopic (exact) mass is 393 g/mol. The first-order chi connectivity index (χ1) is 14.2. The molecule has 3 fully saturated rings. The van der Waals surface area contributed by atoms with E-state index in [2.05, 4.69) is 33.1 Å². The second kappa shape index (κ2) is 6.61. The van der Waals surface area contributed by atoms with E-state index in [0.29, 0.717) is 17.9 Å². The third-order valence-electron chi connectivity index (χ3n) is 6.60. The van der Waals surface area contributed by atoms with Gasteiger partial charge in [0, 0.05) is 59.5 Å². The molecule has 0 amide bonds. The first-order valence-corrected chi connectivity index (χ1v) is 10.7. The molecular formula is C23H27N3O3. The van der Waals surface area contributed by atoms with Gasteiger partial charge in [0.05, 0.1) is 38.1 Å². The summed E-state index contributed by atoms with van der Waals surface area (Å²) in [6, 6.07) is 6.24. The molecule has 6 nitrogen and oxygen atoms in total. The normalized spacial score (nSPS) is 20.7. The van der Waals surface area contributed by atoms with Crippen LogP contribution in [0.3, 0.4) is 0 Å². The number of H-pyrrole nitrogens is 1. The molecule has 1 aromatic carbocycles. The van der Waals surface area contributed by atoms with Crippen molar-refractivity contribution < 1.29 is 14.2 Å². The topological polar surface area (TPSA) is 59.6 Å². The molecule has 29 heavy (non-hydrogen) atoms. The van der Waals surface area contributed by atoms with Crippen molar-refractivity contribution in [3.05, 3.63) is 30.1 Å². The molecule has 1 N–H and O–H groups in total. The molecule has 1 aliphatic carbocycles. The number of likely N-dealkylation sites (tertiary alicyclic amines) is 1. The Balaban J connectivity index is 1.18. The molecule has 3 aromatic rings. The molecule has 0 atom stereocenters. The van der Waals surface area contributed by atoms with Gasteiger partial charge < -0.3 is 24.1 Å². The molecule has 3 aliphatic rings. The third-order valence-corrected chi connectivity index (χ3v) is 6.60. The molecule has 2 saturated heterocycles. The van der Waals surface area contributed by atoms with E-state index < -0.39 is 0 Å². The number of aromatic nitrogens is 2. The van der Waals surface area contributed by atoms with Gasteiger partial charge in [0.2, 0.25) is 0 Å². The fourth-order valence-corrected chi connectivity index (χ4v) is 4.92. The van der Waals surface area contributed by atoms with Crippen LogP contribution in [0.25, 0.3) is 21.8 Å². The van der Waals surface area contributed by atoms with Gasteiger partial charge in [0.1, 0.15) is 0 Å². The summed E-state index contributed by atoms with van der Waals surface area (Å²) < 4.78 is 17.1. The average molecular weight is 393 g/mol. The zero-order valence-electron chi connectivity index (χ0n) is 16.9. The van der Waals surface area contributed by atoms with Gasteiger partial charge in [-0.3, -0.25) is 4.98 Å². The number of ether oxygens (including phenoxy) is 3. The Morgan fingerprint density at radius 2 is 2.07 bits per heavy atom. The van der Waals surface area contributed by atoms with Crippen LogP contribution in [0.15, 0.2) is 24.4 Å². The lowest BCUT2D eigenvalue weighted by atomic mass is 9.78. The fourth-order valence-electron chi connectivity index (χ4n) is 4.92. The second-order valence-corrected chi connectivity index (χ2v) is 8.97. The summed E-state index contributed by atoms with van der Waals surface area (Å²) in [5, 5.41) is 2.41. The maximum absolute atomic E-state index is 6.12. The SMILES string of the molecule is COc1cc2c(cc1OCCCN1CC3(COC3)C1)[nH]c1ccnc(C3CC3)c12. The van der Waals surface area contributed by atoms with Gasteiger partial charge in [-0.05, 0) is 31.4 Å². The Bertz CT molecular complexity index is 1060. The number of pyridine rings is 1. The van der Waals surface area contributed by atoms with Crippen molar-refractivity contribution in [2.24, 2.45) is 5.41 Å². The van der Waals surface area contributed by atoms with Crippen LogP contribution in [-0.4, -0.2) is 61.4 Å². The van der Waals surface area contributed by atoms with Crippen molar-refractivity contribution in [2.75, 3.05) is 46.6 Å². The van der Waals surface area contributed by atoms with E-state index in [1.165, 1.54) is 42.4 Å². The van der Waals surface area contributed by atoms with E-state index in [1.54, 1.807) is 7.11 Å². The number of nitrogens with one attached hydrogen (secondary N) is 1. The molecular weight excluding hydrogens is 366 g/mol. The van der Waals surface area contributed by atoms with E-state index in [-0.39, 0.29) is 0 Å². The lowest BCUT2D eigenvalue weighted by Crippen LogP contribution is -2.65. The number of methoxy groups -OCH3 is 1. The summed E-state index contributed by atoms with van der Waals surface area (Å²) in [7, 11) is 1.71. The standard InChI is InChI=1S/C23H27N3O3/c1-27-19-9-16-18(25-17-5-6-24-22(21(16)17)15-3-4-15)10-20(19)29-8-2-7-26-11-23(12-26)13-28-14-23/h5-6,9-10,15,25H,2-4,7-8,11-14H2,1H3. The summed E-state index contributed by atoms with van der Waals surface area (Å²) in [6.45, 7) is 6.01. The number of fused-ring (bicyclic) bond motifs is 3. The van der Waals surface area contributed by atoms with Crippen LogP contribution in [-0.2, 0) is 4.74 Å². The summed E-state index contributed by atoms with van der Waals surface area (Å²) in [6.07, 6.45) is 5.40. The maximum Gasteiger partial charge on any atom is 0.163 e. The van der Waals surface area contributed by atoms with Crippen LogP contribution in [0.4, 0.5) is 0 Å². The first kappa shape index (κ1) is 17.5. The van der Waals surface area contributed by atoms with Crippen molar-refractivity contribution >= 4 is 21.8 Å². The highest BCUT2D eigenvalue weighted by atomic mass is 16.5. The minimum atomic E-state index is 0.485. The van der Waals surface area contributed by atoms with E-state index in [4.69, 9.17) is 14.2 Å². The first-order valence-electron chi connectivity index (χ1n) is 10.7. The van der Waals surface area contributed by atoms with E-state index >= 15 is 0 Å². The fraction of sp³-hybridized carbons (Fsp3) is 0.522. The molecule has 4 heterocycles. The van der Waals surface area contributed by atoms with Crippen LogP contribution in [0.5, 0.6) is 11.5 Å². The van der Waals surface area contributed by atoms with Gasteiger partial charge in [-0.15, -0.1) is 0 Å². The van der Waals surface area contributed by atoms with E-state index in [1.807, 2.05) is 6.20 Å². The summed E-state index contributed by atoms with van der Waals surface area (Å²) in [5.41, 5.74) is 3.93. The van der Waals surface area contributed by atoms with Crippen molar-refractivity contribution in [1.29, 1.82) is 0 Å². The lowest BCUT2D eigenvalue weighted by Gasteiger charge is -2.55. The quantitative estimate of drug-likeness (QED) is 0.620. The van der Waals surface area contributed by atoms with Gasteiger partial charge in [0.15, 0.2) is 11.5 Å². The van der Waals surface area contributed by atoms with Gasteiger partial charge in [0.25, 0.3) is 0 Å². The Morgan fingerprint density at radius 3 is 2.79 bits per heavy atom. The van der Waals surface area contributed by atoms with Gasteiger partial charge in [-0.1, -0.05) is 0 Å². The number of benzene rings is 1. The largest absolute Gasteiger partial charge is 0.493 e. The number of aromatic amines is 1. The maximum atomic E-state index is 6.12. The molecule has 1 saturated carbocycles. The van der Waals surface area contributed by atoms with Crippen molar-refractivity contribution in [3.63, 3.8) is 0 Å². The number of rotatable bonds is 7. The Labute approximate surface area is 170 Å². The number of nitrogens with zero attached hydrogens (tertiary/aromatic N) is 2. The molecule has 0 unspecified atom stereocenters. The van der Waals surface area contributed by atoms with Gasteiger partial charge in [-0.25, -0.2) is 0 Å². The smallest absolute Gasteiger partial charge is 0.163 e. The summed E-state index contributed by atoms with van der Waals surface area (Å²) in [5.74, 6) is 2.20. The Hall–Kier alpha value is -2.31. The summed E-state index contributed by atoms with van der Waals surface area (Å²) >= 11 is 0. The van der Waals surface area contributed by atoms with E-state index in [9.17, 15) is 0 Å². The molecule has 6 rings (SSSR count).